The molecule has 1 aromatic heterocycles. The first-order chi connectivity index (χ1) is 11.2. The predicted molar refractivity (Wildman–Crippen MR) is 85.0 cm³/mol. The maximum atomic E-state index is 12.3. The van der Waals surface area contributed by atoms with Crippen molar-refractivity contribution in [1.29, 1.82) is 0 Å². The van der Waals surface area contributed by atoms with Crippen LogP contribution in [0.4, 0.5) is 0 Å². The van der Waals surface area contributed by atoms with E-state index in [2.05, 4.69) is 11.9 Å². The molecule has 3 heterocycles. The van der Waals surface area contributed by atoms with Crippen molar-refractivity contribution >= 4 is 5.91 Å². The molecule has 1 saturated carbocycles. The lowest BCUT2D eigenvalue weighted by molar-refractivity contribution is -0.167. The summed E-state index contributed by atoms with van der Waals surface area (Å²) in [6.07, 6.45) is 6.58. The number of carbonyl (C=O) groups excluding carboxylic acids is 1. The summed E-state index contributed by atoms with van der Waals surface area (Å²) in [5.74, 6) is 2.49. The molecule has 0 aromatic carbocycles. The molecule has 0 N–H and O–H groups in total. The van der Waals surface area contributed by atoms with E-state index in [1.807, 2.05) is 17.0 Å². The van der Waals surface area contributed by atoms with Crippen molar-refractivity contribution in [1.82, 2.24) is 9.88 Å². The average Bonchev–Trinajstić information content (AvgIpc) is 3.10. The summed E-state index contributed by atoms with van der Waals surface area (Å²) in [5, 5.41) is 0. The number of nitrogens with zero attached hydrogens (tertiary/aromatic N) is 2. The van der Waals surface area contributed by atoms with Crippen molar-refractivity contribution in [3.63, 3.8) is 0 Å². The maximum Gasteiger partial charge on any atom is 0.226 e. The zero-order valence-electron chi connectivity index (χ0n) is 13.6. The molecular formula is C18H24N2O3. The molecule has 0 bridgehead atoms. The normalized spacial score (nSPS) is 31.0. The van der Waals surface area contributed by atoms with Crippen LogP contribution in [0, 0.1) is 17.8 Å². The monoisotopic (exact) mass is 316 g/mol. The zero-order chi connectivity index (χ0) is 15.9. The van der Waals surface area contributed by atoms with Crippen LogP contribution in [-0.4, -0.2) is 47.7 Å². The van der Waals surface area contributed by atoms with Gasteiger partial charge in [-0.25, -0.2) is 0 Å². The number of rotatable bonds is 5. The van der Waals surface area contributed by atoms with Crippen LogP contribution in [0.2, 0.25) is 0 Å². The third-order valence-corrected chi connectivity index (χ3v) is 5.62. The van der Waals surface area contributed by atoms with Gasteiger partial charge < -0.3 is 14.4 Å². The van der Waals surface area contributed by atoms with E-state index in [9.17, 15) is 4.79 Å². The fourth-order valence-corrected chi connectivity index (χ4v) is 3.95. The van der Waals surface area contributed by atoms with Crippen LogP contribution in [0.3, 0.4) is 0 Å². The van der Waals surface area contributed by atoms with Gasteiger partial charge in [-0.3, -0.25) is 9.78 Å². The van der Waals surface area contributed by atoms with Crippen LogP contribution < -0.4 is 4.74 Å². The van der Waals surface area contributed by atoms with Gasteiger partial charge in [0.2, 0.25) is 5.91 Å². The van der Waals surface area contributed by atoms with Gasteiger partial charge in [0.15, 0.2) is 0 Å². The smallest absolute Gasteiger partial charge is 0.226 e. The van der Waals surface area contributed by atoms with Gasteiger partial charge in [-0.05, 0) is 43.2 Å². The molecule has 1 aromatic rings. The molecule has 5 heteroatoms. The van der Waals surface area contributed by atoms with Crippen molar-refractivity contribution in [3.05, 3.63) is 24.5 Å². The summed E-state index contributed by atoms with van der Waals surface area (Å²) in [5.41, 5.74) is -0.105. The first kappa shape index (κ1) is 14.9. The number of carbonyl (C=O) groups is 1. The van der Waals surface area contributed by atoms with E-state index in [0.717, 1.165) is 44.7 Å². The van der Waals surface area contributed by atoms with E-state index >= 15 is 0 Å². The molecule has 2 saturated heterocycles. The molecular weight excluding hydrogens is 292 g/mol. The van der Waals surface area contributed by atoms with Crippen LogP contribution in [0.1, 0.15) is 26.2 Å². The average molecular weight is 316 g/mol. The molecule has 5 nitrogen and oxygen atoms in total. The van der Waals surface area contributed by atoms with Gasteiger partial charge in [0.1, 0.15) is 11.4 Å². The standard InChI is InChI=1S/C18H24N2O3/c1-13-9-16(13)17(21)20-11-18(12-20)14(5-8-23-18)4-7-22-15-3-2-6-19-10-15/h2-3,6,10,13-14,16H,4-5,7-9,11-12H2,1H3/t13-,14-,16-/m1/s1. The minimum absolute atomic E-state index is 0.105. The molecule has 1 spiro atoms. The van der Waals surface area contributed by atoms with E-state index in [0.29, 0.717) is 24.3 Å². The highest BCUT2D eigenvalue weighted by Crippen LogP contribution is 2.45. The molecule has 23 heavy (non-hydrogen) atoms. The van der Waals surface area contributed by atoms with Crippen molar-refractivity contribution in [2.75, 3.05) is 26.3 Å². The van der Waals surface area contributed by atoms with E-state index < -0.39 is 0 Å². The molecule has 3 aliphatic rings. The van der Waals surface area contributed by atoms with Crippen molar-refractivity contribution in [2.24, 2.45) is 17.8 Å². The number of hydrogen-bond donors (Lipinski definition) is 0. The second-order valence-corrected chi connectivity index (χ2v) is 7.24. The molecule has 2 aliphatic heterocycles. The third-order valence-electron chi connectivity index (χ3n) is 5.62. The number of aromatic nitrogens is 1. The van der Waals surface area contributed by atoms with Gasteiger partial charge in [-0.1, -0.05) is 6.92 Å². The minimum atomic E-state index is -0.105. The maximum absolute atomic E-state index is 12.3. The lowest BCUT2D eigenvalue weighted by Crippen LogP contribution is -2.66. The van der Waals surface area contributed by atoms with Crippen LogP contribution in [0.15, 0.2) is 24.5 Å². The topological polar surface area (TPSA) is 51.7 Å². The fourth-order valence-electron chi connectivity index (χ4n) is 3.95. The molecule has 1 amide bonds. The Bertz CT molecular complexity index is 571. The first-order valence-electron chi connectivity index (χ1n) is 8.63. The van der Waals surface area contributed by atoms with E-state index in [-0.39, 0.29) is 11.5 Å². The molecule has 0 radical (unpaired) electrons. The highest BCUT2D eigenvalue weighted by molar-refractivity contribution is 5.82. The Kier molecular flexibility index (Phi) is 3.76. The van der Waals surface area contributed by atoms with Crippen molar-refractivity contribution in [3.8, 4) is 5.75 Å². The number of likely N-dealkylation sites (tertiary alicyclic amines) is 1. The second kappa shape index (κ2) is 5.78. The largest absolute Gasteiger partial charge is 0.492 e. The van der Waals surface area contributed by atoms with Crippen LogP contribution >= 0.6 is 0 Å². The molecule has 4 rings (SSSR count). The van der Waals surface area contributed by atoms with E-state index in [1.54, 1.807) is 12.4 Å². The SMILES string of the molecule is C[C@@H]1C[C@H]1C(=O)N1CC2(C1)OCC[C@H]2CCOc1cccnc1. The summed E-state index contributed by atoms with van der Waals surface area (Å²) in [4.78, 5) is 18.3. The summed E-state index contributed by atoms with van der Waals surface area (Å²) in [6, 6.07) is 3.80. The van der Waals surface area contributed by atoms with E-state index in [1.165, 1.54) is 0 Å². The summed E-state index contributed by atoms with van der Waals surface area (Å²) < 4.78 is 11.8. The Balaban J connectivity index is 1.27. The van der Waals surface area contributed by atoms with Gasteiger partial charge in [-0.15, -0.1) is 0 Å². The lowest BCUT2D eigenvalue weighted by Gasteiger charge is -2.50. The zero-order valence-corrected chi connectivity index (χ0v) is 13.6. The van der Waals surface area contributed by atoms with Gasteiger partial charge in [0.05, 0.1) is 25.9 Å². The molecule has 1 aliphatic carbocycles. The molecule has 3 fully saturated rings. The Morgan fingerprint density at radius 1 is 1.52 bits per heavy atom. The third kappa shape index (κ3) is 2.82. The van der Waals surface area contributed by atoms with Crippen LogP contribution in [0.25, 0.3) is 0 Å². The summed E-state index contributed by atoms with van der Waals surface area (Å²) in [7, 11) is 0. The van der Waals surface area contributed by atoms with E-state index in [4.69, 9.17) is 9.47 Å². The lowest BCUT2D eigenvalue weighted by atomic mass is 9.79. The summed E-state index contributed by atoms with van der Waals surface area (Å²) >= 11 is 0. The number of hydrogen-bond acceptors (Lipinski definition) is 4. The van der Waals surface area contributed by atoms with Crippen LogP contribution in [0.5, 0.6) is 5.75 Å². The van der Waals surface area contributed by atoms with Crippen LogP contribution in [-0.2, 0) is 9.53 Å². The molecule has 124 valence electrons. The second-order valence-electron chi connectivity index (χ2n) is 7.24. The summed E-state index contributed by atoms with van der Waals surface area (Å²) in [6.45, 7) is 5.18. The minimum Gasteiger partial charge on any atom is -0.492 e. The number of pyridine rings is 1. The molecule has 0 unspecified atom stereocenters. The molecule has 3 atom stereocenters. The Labute approximate surface area is 137 Å². The predicted octanol–water partition coefficient (Wildman–Crippen LogP) is 2.12. The number of ether oxygens (including phenoxy) is 2. The van der Waals surface area contributed by atoms with Gasteiger partial charge in [0, 0.05) is 18.7 Å². The van der Waals surface area contributed by atoms with Gasteiger partial charge in [-0.2, -0.15) is 0 Å². The Morgan fingerprint density at radius 3 is 3.04 bits per heavy atom. The highest BCUT2D eigenvalue weighted by Gasteiger charge is 2.56. The number of amides is 1. The first-order valence-corrected chi connectivity index (χ1v) is 8.63. The fraction of sp³-hybridized carbons (Fsp3) is 0.667. The van der Waals surface area contributed by atoms with Gasteiger partial charge >= 0.3 is 0 Å². The van der Waals surface area contributed by atoms with Crippen molar-refractivity contribution in [2.45, 2.75) is 31.8 Å². The Morgan fingerprint density at radius 2 is 2.35 bits per heavy atom. The highest BCUT2D eigenvalue weighted by atomic mass is 16.5. The van der Waals surface area contributed by atoms with Gasteiger partial charge in [0.25, 0.3) is 0 Å². The Hall–Kier alpha value is -1.62. The van der Waals surface area contributed by atoms with Crippen molar-refractivity contribution < 1.29 is 14.3 Å². The quantitative estimate of drug-likeness (QED) is 0.835.